The van der Waals surface area contributed by atoms with Gasteiger partial charge in [-0.25, -0.2) is 9.59 Å². The second kappa shape index (κ2) is 9.70. The zero-order valence-electron chi connectivity index (χ0n) is 19.6. The van der Waals surface area contributed by atoms with Crippen LogP contribution in [0.15, 0.2) is 46.4 Å². The number of hydrogen-bond acceptors (Lipinski definition) is 4. The van der Waals surface area contributed by atoms with Gasteiger partial charge in [0, 0.05) is 0 Å². The fraction of sp³-hybridized carbons (Fsp3) is 0.286. The highest BCUT2D eigenvalue weighted by Gasteiger charge is 2.11. The first-order valence-electron chi connectivity index (χ1n) is 10.7. The number of aliphatic imine (C=N–C) groups is 2. The topological polar surface area (TPSA) is 58.9 Å². The van der Waals surface area contributed by atoms with Gasteiger partial charge in [-0.2, -0.15) is 9.98 Å². The van der Waals surface area contributed by atoms with Crippen LogP contribution in [0, 0.1) is 41.5 Å². The highest BCUT2D eigenvalue weighted by atomic mass is 16.1. The summed E-state index contributed by atoms with van der Waals surface area (Å²) in [7, 11) is 0. The van der Waals surface area contributed by atoms with E-state index >= 15 is 0 Å². The Bertz CT molecular complexity index is 1150. The third kappa shape index (κ3) is 5.00. The molecule has 0 atom stereocenters. The van der Waals surface area contributed by atoms with E-state index in [-0.39, 0.29) is 0 Å². The van der Waals surface area contributed by atoms with Crippen molar-refractivity contribution in [2.24, 2.45) is 9.98 Å². The van der Waals surface area contributed by atoms with Crippen molar-refractivity contribution in [2.75, 3.05) is 0 Å². The Balaban J connectivity index is 1.95. The lowest BCUT2D eigenvalue weighted by atomic mass is 9.90. The molecular weight excluding hydrogens is 396 g/mol. The lowest BCUT2D eigenvalue weighted by Gasteiger charge is -2.15. The van der Waals surface area contributed by atoms with Crippen LogP contribution >= 0.6 is 0 Å². The van der Waals surface area contributed by atoms with Gasteiger partial charge in [0.05, 0.1) is 11.4 Å². The Labute approximate surface area is 189 Å². The average Bonchev–Trinajstić information content (AvgIpc) is 2.71. The van der Waals surface area contributed by atoms with Crippen LogP contribution in [-0.4, -0.2) is 12.2 Å². The molecular formula is C28H28N2O2. The van der Waals surface area contributed by atoms with E-state index in [9.17, 15) is 9.59 Å². The van der Waals surface area contributed by atoms with Crippen LogP contribution in [0.25, 0.3) is 0 Å². The summed E-state index contributed by atoms with van der Waals surface area (Å²) in [6.07, 6.45) is 4.93. The summed E-state index contributed by atoms with van der Waals surface area (Å²) in [5.74, 6) is 0. The molecule has 0 fully saturated rings. The Morgan fingerprint density at radius 1 is 0.531 bits per heavy atom. The molecule has 0 unspecified atom stereocenters. The van der Waals surface area contributed by atoms with Crippen molar-refractivity contribution < 1.29 is 9.59 Å². The maximum Gasteiger partial charge on any atom is 0.240 e. The molecule has 3 aromatic rings. The number of hydrogen-bond donors (Lipinski definition) is 0. The van der Waals surface area contributed by atoms with Crippen molar-refractivity contribution in [2.45, 2.75) is 54.4 Å². The summed E-state index contributed by atoms with van der Waals surface area (Å²) >= 11 is 0. The molecule has 0 radical (unpaired) electrons. The van der Waals surface area contributed by atoms with Gasteiger partial charge in [-0.15, -0.1) is 0 Å². The first-order chi connectivity index (χ1) is 15.2. The number of isocyanates is 2. The van der Waals surface area contributed by atoms with E-state index < -0.39 is 0 Å². The van der Waals surface area contributed by atoms with Gasteiger partial charge in [-0.05, 0) is 110 Å². The summed E-state index contributed by atoms with van der Waals surface area (Å²) in [5, 5.41) is 0. The zero-order chi connectivity index (χ0) is 23.4. The minimum absolute atomic E-state index is 0.707. The molecule has 0 amide bonds. The van der Waals surface area contributed by atoms with Gasteiger partial charge in [0.25, 0.3) is 0 Å². The molecule has 32 heavy (non-hydrogen) atoms. The van der Waals surface area contributed by atoms with E-state index in [1.807, 2.05) is 27.7 Å². The van der Waals surface area contributed by atoms with Crippen molar-refractivity contribution >= 4 is 23.5 Å². The van der Waals surface area contributed by atoms with Crippen LogP contribution in [0.1, 0.15) is 55.6 Å². The smallest absolute Gasteiger partial charge is 0.211 e. The standard InChI is InChI=1S/C28H28N2O2/c1-17-7-18(2)26(13-24-10-21(5)28(30-16-32)22(6)11-24)14-25(17)12-23-8-19(3)27(29-15-31)20(4)9-23/h7-11,14H,12-13H2,1-6H3. The third-order valence-corrected chi connectivity index (χ3v) is 6.00. The lowest BCUT2D eigenvalue weighted by Crippen LogP contribution is -2.00. The van der Waals surface area contributed by atoms with E-state index in [1.54, 1.807) is 12.2 Å². The van der Waals surface area contributed by atoms with Crippen molar-refractivity contribution in [3.63, 3.8) is 0 Å². The molecule has 0 aromatic heterocycles. The zero-order valence-corrected chi connectivity index (χ0v) is 19.6. The molecule has 3 rings (SSSR count). The molecule has 0 aliphatic carbocycles. The van der Waals surface area contributed by atoms with Crippen LogP contribution in [0.3, 0.4) is 0 Å². The van der Waals surface area contributed by atoms with Crippen molar-refractivity contribution in [1.29, 1.82) is 0 Å². The second-order valence-corrected chi connectivity index (χ2v) is 8.62. The first-order valence-corrected chi connectivity index (χ1v) is 10.7. The first kappa shape index (κ1) is 23.1. The van der Waals surface area contributed by atoms with Crippen LogP contribution < -0.4 is 0 Å². The molecule has 0 heterocycles. The second-order valence-electron chi connectivity index (χ2n) is 8.62. The fourth-order valence-electron chi connectivity index (χ4n) is 4.51. The monoisotopic (exact) mass is 424 g/mol. The number of rotatable bonds is 6. The average molecular weight is 425 g/mol. The highest BCUT2D eigenvalue weighted by molar-refractivity contribution is 5.60. The normalized spacial score (nSPS) is 10.4. The molecule has 0 bridgehead atoms. The van der Waals surface area contributed by atoms with Crippen LogP contribution in [-0.2, 0) is 22.4 Å². The quantitative estimate of drug-likeness (QED) is 0.328. The fourth-order valence-corrected chi connectivity index (χ4v) is 4.51. The number of carbonyl (C=O) groups excluding carboxylic acids is 2. The van der Waals surface area contributed by atoms with E-state index in [0.29, 0.717) is 11.4 Å². The van der Waals surface area contributed by atoms with Gasteiger partial charge in [0.1, 0.15) is 0 Å². The van der Waals surface area contributed by atoms with E-state index in [0.717, 1.165) is 35.1 Å². The predicted octanol–water partition coefficient (Wildman–Crippen LogP) is 6.65. The molecule has 0 spiro atoms. The van der Waals surface area contributed by atoms with Crippen LogP contribution in [0.4, 0.5) is 11.4 Å². The molecule has 0 aliphatic rings. The summed E-state index contributed by atoms with van der Waals surface area (Å²) in [6, 6.07) is 12.9. The summed E-state index contributed by atoms with van der Waals surface area (Å²) in [5.41, 5.74) is 12.8. The number of nitrogens with zero attached hydrogens (tertiary/aromatic N) is 2. The molecule has 0 saturated heterocycles. The van der Waals surface area contributed by atoms with Gasteiger partial charge in [0.15, 0.2) is 0 Å². The maximum atomic E-state index is 10.7. The molecule has 4 heteroatoms. The molecule has 3 aromatic carbocycles. The predicted molar refractivity (Wildman–Crippen MR) is 129 cm³/mol. The van der Waals surface area contributed by atoms with E-state index in [1.165, 1.54) is 33.4 Å². The molecule has 162 valence electrons. The number of aryl methyl sites for hydroxylation is 6. The van der Waals surface area contributed by atoms with E-state index in [2.05, 4.69) is 60.2 Å². The Hall–Kier alpha value is -3.58. The summed E-state index contributed by atoms with van der Waals surface area (Å²) < 4.78 is 0. The van der Waals surface area contributed by atoms with Crippen LogP contribution in [0.5, 0.6) is 0 Å². The largest absolute Gasteiger partial charge is 0.240 e. The molecule has 0 saturated carbocycles. The van der Waals surface area contributed by atoms with Gasteiger partial charge < -0.3 is 0 Å². The third-order valence-electron chi connectivity index (χ3n) is 6.00. The van der Waals surface area contributed by atoms with Gasteiger partial charge >= 0.3 is 0 Å². The Morgan fingerprint density at radius 2 is 0.875 bits per heavy atom. The van der Waals surface area contributed by atoms with Crippen molar-refractivity contribution in [1.82, 2.24) is 0 Å². The van der Waals surface area contributed by atoms with Gasteiger partial charge in [-0.3, -0.25) is 0 Å². The Morgan fingerprint density at radius 3 is 1.19 bits per heavy atom. The van der Waals surface area contributed by atoms with Gasteiger partial charge in [0.2, 0.25) is 12.2 Å². The SMILES string of the molecule is Cc1cc(C)c(Cc2cc(C)c(N=C=O)c(C)c2)cc1Cc1cc(C)c(N=C=O)c(C)c1. The Kier molecular flexibility index (Phi) is 7.00. The molecule has 0 N–H and O–H groups in total. The lowest BCUT2D eigenvalue weighted by molar-refractivity contribution is 0.564. The molecule has 4 nitrogen and oxygen atoms in total. The highest BCUT2D eigenvalue weighted by Crippen LogP contribution is 2.29. The number of benzene rings is 3. The van der Waals surface area contributed by atoms with Gasteiger partial charge in [-0.1, -0.05) is 36.4 Å². The summed E-state index contributed by atoms with van der Waals surface area (Å²) in [4.78, 5) is 29.1. The van der Waals surface area contributed by atoms with Crippen LogP contribution in [0.2, 0.25) is 0 Å². The van der Waals surface area contributed by atoms with E-state index in [4.69, 9.17) is 0 Å². The minimum atomic E-state index is 0.707. The maximum absolute atomic E-state index is 10.7. The minimum Gasteiger partial charge on any atom is -0.211 e. The molecule has 0 aliphatic heterocycles. The summed E-state index contributed by atoms with van der Waals surface area (Å²) in [6.45, 7) is 12.2. The van der Waals surface area contributed by atoms with Crippen molar-refractivity contribution in [3.05, 3.63) is 92.0 Å². The van der Waals surface area contributed by atoms with Crippen molar-refractivity contribution in [3.8, 4) is 0 Å².